The molecule has 0 amide bonds. The maximum atomic E-state index is 9.13. The number of anilines is 1. The van der Waals surface area contributed by atoms with Gasteiger partial charge in [-0.3, -0.25) is 4.90 Å². The summed E-state index contributed by atoms with van der Waals surface area (Å²) in [4.78, 5) is 2.48. The second kappa shape index (κ2) is 5.52. The molecule has 0 radical (unpaired) electrons. The topological polar surface area (TPSA) is 49.5 Å². The van der Waals surface area contributed by atoms with Crippen molar-refractivity contribution in [3.63, 3.8) is 0 Å². The molecule has 3 N–H and O–H groups in total. The van der Waals surface area contributed by atoms with Crippen molar-refractivity contribution < 1.29 is 5.11 Å². The second-order valence-electron chi connectivity index (χ2n) is 5.00. The lowest BCUT2D eigenvalue weighted by atomic mass is 9.95. The highest BCUT2D eigenvalue weighted by Crippen LogP contribution is 2.26. The van der Waals surface area contributed by atoms with Crippen molar-refractivity contribution in [3.8, 4) is 0 Å². The number of benzene rings is 1. The summed E-state index contributed by atoms with van der Waals surface area (Å²) in [6, 6.07) is 8.59. The van der Waals surface area contributed by atoms with Crippen LogP contribution in [0, 0.1) is 5.92 Å². The highest BCUT2D eigenvalue weighted by Gasteiger charge is 2.22. The summed E-state index contributed by atoms with van der Waals surface area (Å²) in [6.45, 7) is 4.74. The number of piperidine rings is 1. The average Bonchev–Trinajstić information content (AvgIpc) is 2.39. The van der Waals surface area contributed by atoms with Gasteiger partial charge in [0, 0.05) is 18.3 Å². The summed E-state index contributed by atoms with van der Waals surface area (Å²) in [6.07, 6.45) is 2.21. The van der Waals surface area contributed by atoms with Crippen LogP contribution in [0.25, 0.3) is 0 Å². The van der Waals surface area contributed by atoms with E-state index in [1.807, 2.05) is 12.1 Å². The molecule has 1 fully saturated rings. The molecular weight excluding hydrogens is 212 g/mol. The van der Waals surface area contributed by atoms with Gasteiger partial charge in [0.2, 0.25) is 0 Å². The summed E-state index contributed by atoms with van der Waals surface area (Å²) >= 11 is 0. The minimum atomic E-state index is 0.337. The Hall–Kier alpha value is -1.06. The highest BCUT2D eigenvalue weighted by atomic mass is 16.3. The van der Waals surface area contributed by atoms with Crippen LogP contribution in [-0.4, -0.2) is 29.7 Å². The molecule has 1 aromatic carbocycles. The van der Waals surface area contributed by atoms with Crippen LogP contribution in [-0.2, 0) is 0 Å². The van der Waals surface area contributed by atoms with Crippen molar-refractivity contribution in [3.05, 3.63) is 29.8 Å². The van der Waals surface area contributed by atoms with Gasteiger partial charge < -0.3 is 10.8 Å². The lowest BCUT2D eigenvalue weighted by Crippen LogP contribution is -2.36. The zero-order valence-electron chi connectivity index (χ0n) is 10.5. The van der Waals surface area contributed by atoms with Gasteiger partial charge in [0.1, 0.15) is 0 Å². The number of nitrogen functional groups attached to an aromatic ring is 1. The summed E-state index contributed by atoms with van der Waals surface area (Å²) in [5.74, 6) is 0.505. The third-order valence-electron chi connectivity index (χ3n) is 3.87. The van der Waals surface area contributed by atoms with Gasteiger partial charge in [-0.25, -0.2) is 0 Å². The molecule has 1 aliphatic heterocycles. The van der Waals surface area contributed by atoms with Gasteiger partial charge in [-0.15, -0.1) is 0 Å². The maximum absolute atomic E-state index is 9.13. The summed E-state index contributed by atoms with van der Waals surface area (Å²) in [5, 5.41) is 9.13. The smallest absolute Gasteiger partial charge is 0.0460 e. The fraction of sp³-hybridized carbons (Fsp3) is 0.571. The van der Waals surface area contributed by atoms with Gasteiger partial charge in [0.25, 0.3) is 0 Å². The Morgan fingerprint density at radius 3 is 2.41 bits per heavy atom. The van der Waals surface area contributed by atoms with Crippen LogP contribution in [0.5, 0.6) is 0 Å². The number of aliphatic hydroxyl groups excluding tert-OH is 1. The highest BCUT2D eigenvalue weighted by molar-refractivity contribution is 5.40. The SMILES string of the molecule is CC(c1ccc(N)cc1)N1CCC(CO)CC1. The van der Waals surface area contributed by atoms with E-state index in [0.717, 1.165) is 31.6 Å². The second-order valence-corrected chi connectivity index (χ2v) is 5.00. The molecule has 1 aromatic rings. The van der Waals surface area contributed by atoms with Crippen LogP contribution in [0.1, 0.15) is 31.4 Å². The number of aliphatic hydroxyl groups is 1. The molecule has 94 valence electrons. The van der Waals surface area contributed by atoms with Crippen molar-refractivity contribution in [1.29, 1.82) is 0 Å². The van der Waals surface area contributed by atoms with E-state index < -0.39 is 0 Å². The Morgan fingerprint density at radius 2 is 1.88 bits per heavy atom. The molecule has 1 heterocycles. The molecular formula is C14H22N2O. The van der Waals surface area contributed by atoms with Crippen LogP contribution in [0.2, 0.25) is 0 Å². The van der Waals surface area contributed by atoms with E-state index in [2.05, 4.69) is 24.0 Å². The fourth-order valence-electron chi connectivity index (χ4n) is 2.51. The molecule has 0 bridgehead atoms. The minimum Gasteiger partial charge on any atom is -0.399 e. The number of likely N-dealkylation sites (tertiary alicyclic amines) is 1. The molecule has 3 heteroatoms. The van der Waals surface area contributed by atoms with E-state index in [1.165, 1.54) is 5.56 Å². The fourth-order valence-corrected chi connectivity index (χ4v) is 2.51. The molecule has 2 rings (SSSR count). The van der Waals surface area contributed by atoms with E-state index in [9.17, 15) is 0 Å². The summed E-state index contributed by atoms with van der Waals surface area (Å²) in [5.41, 5.74) is 7.84. The molecule has 1 atom stereocenters. The van der Waals surface area contributed by atoms with Crippen LogP contribution in [0.15, 0.2) is 24.3 Å². The van der Waals surface area contributed by atoms with Crippen LogP contribution < -0.4 is 5.73 Å². The van der Waals surface area contributed by atoms with E-state index >= 15 is 0 Å². The Balaban J connectivity index is 1.96. The predicted molar refractivity (Wildman–Crippen MR) is 70.7 cm³/mol. The zero-order valence-corrected chi connectivity index (χ0v) is 10.5. The van der Waals surface area contributed by atoms with E-state index in [-0.39, 0.29) is 0 Å². The number of rotatable bonds is 3. The summed E-state index contributed by atoms with van der Waals surface area (Å²) in [7, 11) is 0. The number of nitrogens with zero attached hydrogens (tertiary/aromatic N) is 1. The van der Waals surface area contributed by atoms with E-state index in [1.54, 1.807) is 0 Å². The van der Waals surface area contributed by atoms with Crippen LogP contribution >= 0.6 is 0 Å². The van der Waals surface area contributed by atoms with E-state index in [0.29, 0.717) is 18.6 Å². The molecule has 0 aliphatic carbocycles. The maximum Gasteiger partial charge on any atom is 0.0460 e. The monoisotopic (exact) mass is 234 g/mol. The van der Waals surface area contributed by atoms with Crippen LogP contribution in [0.3, 0.4) is 0 Å². The first-order valence-corrected chi connectivity index (χ1v) is 6.41. The summed E-state index contributed by atoms with van der Waals surface area (Å²) < 4.78 is 0. The Kier molecular flexibility index (Phi) is 4.02. The number of nitrogens with two attached hydrogens (primary N) is 1. The Morgan fingerprint density at radius 1 is 1.29 bits per heavy atom. The first-order valence-electron chi connectivity index (χ1n) is 6.41. The van der Waals surface area contributed by atoms with Gasteiger partial charge in [-0.2, -0.15) is 0 Å². The third kappa shape index (κ3) is 2.99. The standard InChI is InChI=1S/C14H22N2O/c1-11(13-2-4-14(15)5-3-13)16-8-6-12(10-17)7-9-16/h2-5,11-12,17H,6-10,15H2,1H3. The normalized spacial score (nSPS) is 20.4. The molecule has 17 heavy (non-hydrogen) atoms. The van der Waals surface area contributed by atoms with Crippen LogP contribution in [0.4, 0.5) is 5.69 Å². The first kappa shape index (κ1) is 12.4. The Labute approximate surface area is 103 Å². The van der Waals surface area contributed by atoms with Gasteiger partial charge in [-0.1, -0.05) is 12.1 Å². The third-order valence-corrected chi connectivity index (χ3v) is 3.87. The van der Waals surface area contributed by atoms with E-state index in [4.69, 9.17) is 10.8 Å². The van der Waals surface area contributed by atoms with Gasteiger partial charge in [-0.05, 0) is 56.5 Å². The lowest BCUT2D eigenvalue weighted by Gasteiger charge is -2.35. The predicted octanol–water partition coefficient (Wildman–Crippen LogP) is 2.03. The van der Waals surface area contributed by atoms with Gasteiger partial charge in [0.05, 0.1) is 0 Å². The minimum absolute atomic E-state index is 0.337. The van der Waals surface area contributed by atoms with Crippen molar-refractivity contribution in [1.82, 2.24) is 4.90 Å². The number of hydrogen-bond donors (Lipinski definition) is 2. The molecule has 0 saturated carbocycles. The molecule has 0 spiro atoms. The molecule has 1 unspecified atom stereocenters. The zero-order chi connectivity index (χ0) is 12.3. The molecule has 1 saturated heterocycles. The van der Waals surface area contributed by atoms with Crippen molar-refractivity contribution in [2.45, 2.75) is 25.8 Å². The van der Waals surface area contributed by atoms with Crippen molar-refractivity contribution in [2.24, 2.45) is 5.92 Å². The number of hydrogen-bond acceptors (Lipinski definition) is 3. The lowest BCUT2D eigenvalue weighted by molar-refractivity contribution is 0.106. The molecule has 0 aromatic heterocycles. The molecule has 1 aliphatic rings. The largest absolute Gasteiger partial charge is 0.399 e. The van der Waals surface area contributed by atoms with Gasteiger partial charge in [0.15, 0.2) is 0 Å². The quantitative estimate of drug-likeness (QED) is 0.787. The Bertz CT molecular complexity index is 342. The van der Waals surface area contributed by atoms with Crippen molar-refractivity contribution >= 4 is 5.69 Å². The average molecular weight is 234 g/mol. The molecule has 3 nitrogen and oxygen atoms in total. The first-order chi connectivity index (χ1) is 8.20. The van der Waals surface area contributed by atoms with Gasteiger partial charge >= 0.3 is 0 Å². The van der Waals surface area contributed by atoms with Crippen molar-refractivity contribution in [2.75, 3.05) is 25.4 Å².